The number of nitrogens with one attached hydrogen (secondary N) is 2. The molecule has 2 aromatic carbocycles. The first-order chi connectivity index (χ1) is 13.7. The maximum absolute atomic E-state index is 13.5. The Morgan fingerprint density at radius 1 is 1.24 bits per heavy atom. The second-order valence-electron chi connectivity index (χ2n) is 5.71. The van der Waals surface area contributed by atoms with Crippen LogP contribution >= 0.6 is 11.6 Å². The van der Waals surface area contributed by atoms with Gasteiger partial charge in [0.2, 0.25) is 0 Å². The molecule has 0 saturated carbocycles. The maximum Gasteiger partial charge on any atom is 0.326 e. The molecule has 1 atom stereocenters. The Hall–Kier alpha value is -3.53. The quantitative estimate of drug-likeness (QED) is 0.400. The molecule has 0 bridgehead atoms. The summed E-state index contributed by atoms with van der Waals surface area (Å²) >= 11 is 5.88. The number of hydrogen-bond acceptors (Lipinski definition) is 6. The van der Waals surface area contributed by atoms with Gasteiger partial charge in [-0.2, -0.15) is 0 Å². The number of rotatable bonds is 7. The summed E-state index contributed by atoms with van der Waals surface area (Å²) < 4.78 is 18.4. The number of nitro benzene ring substituents is 1. The minimum Gasteiger partial charge on any atom is -0.451 e. The van der Waals surface area contributed by atoms with Crippen LogP contribution in [-0.2, 0) is 14.3 Å². The normalized spacial score (nSPS) is 11.3. The summed E-state index contributed by atoms with van der Waals surface area (Å²) in [7, 11) is 0. The number of amides is 2. The molecule has 0 heterocycles. The van der Waals surface area contributed by atoms with Crippen LogP contribution in [0.3, 0.4) is 0 Å². The zero-order valence-corrected chi connectivity index (χ0v) is 15.7. The van der Waals surface area contributed by atoms with Crippen LogP contribution in [0.4, 0.5) is 15.8 Å². The van der Waals surface area contributed by atoms with Crippen molar-refractivity contribution in [2.45, 2.75) is 13.0 Å². The lowest BCUT2D eigenvalue weighted by Gasteiger charge is -2.14. The van der Waals surface area contributed by atoms with Gasteiger partial charge in [-0.1, -0.05) is 23.7 Å². The van der Waals surface area contributed by atoms with Gasteiger partial charge in [0, 0.05) is 12.1 Å². The Kier molecular flexibility index (Phi) is 7.21. The van der Waals surface area contributed by atoms with Crippen LogP contribution in [0, 0.1) is 15.9 Å². The van der Waals surface area contributed by atoms with Gasteiger partial charge in [-0.05, 0) is 25.1 Å². The molecule has 11 heteroatoms. The van der Waals surface area contributed by atoms with Gasteiger partial charge >= 0.3 is 5.97 Å². The zero-order valence-electron chi connectivity index (χ0n) is 15.0. The first kappa shape index (κ1) is 21.8. The van der Waals surface area contributed by atoms with Crippen LogP contribution in [0.15, 0.2) is 42.5 Å². The minimum absolute atomic E-state index is 0.0665. The van der Waals surface area contributed by atoms with Gasteiger partial charge in [0.05, 0.1) is 21.2 Å². The lowest BCUT2D eigenvalue weighted by molar-refractivity contribution is -0.384. The van der Waals surface area contributed by atoms with Gasteiger partial charge in [-0.15, -0.1) is 0 Å². The molecule has 1 unspecified atom stereocenters. The Morgan fingerprint density at radius 2 is 1.93 bits per heavy atom. The Bertz CT molecular complexity index is 968. The zero-order chi connectivity index (χ0) is 21.6. The number of nitrogens with zero attached hydrogens (tertiary/aromatic N) is 1. The summed E-state index contributed by atoms with van der Waals surface area (Å²) in [4.78, 5) is 45.8. The molecule has 2 amide bonds. The summed E-state index contributed by atoms with van der Waals surface area (Å²) in [6, 6.07) is 8.68. The van der Waals surface area contributed by atoms with Crippen molar-refractivity contribution in [2.24, 2.45) is 0 Å². The van der Waals surface area contributed by atoms with Crippen molar-refractivity contribution in [1.29, 1.82) is 0 Å². The van der Waals surface area contributed by atoms with Crippen LogP contribution in [0.25, 0.3) is 0 Å². The summed E-state index contributed by atoms with van der Waals surface area (Å²) in [5, 5.41) is 15.2. The van der Waals surface area contributed by atoms with Crippen LogP contribution in [0.2, 0.25) is 5.02 Å². The van der Waals surface area contributed by atoms with Crippen molar-refractivity contribution in [3.8, 4) is 0 Å². The van der Waals surface area contributed by atoms with Gasteiger partial charge in [0.15, 0.2) is 6.10 Å². The summed E-state index contributed by atoms with van der Waals surface area (Å²) in [5.41, 5.74) is -0.394. The number of carbonyl (C=O) groups is 3. The number of non-ortho nitro benzene ring substituents is 1. The highest BCUT2D eigenvalue weighted by atomic mass is 35.5. The lowest BCUT2D eigenvalue weighted by Crippen LogP contribution is -2.36. The van der Waals surface area contributed by atoms with Gasteiger partial charge in [-0.3, -0.25) is 24.5 Å². The number of esters is 1. The molecule has 0 spiro atoms. The smallest absolute Gasteiger partial charge is 0.326 e. The van der Waals surface area contributed by atoms with E-state index in [1.807, 2.05) is 0 Å². The Balaban J connectivity index is 1.87. The number of ether oxygens (including phenoxy) is 1. The van der Waals surface area contributed by atoms with E-state index in [1.54, 1.807) is 0 Å². The number of carbonyl (C=O) groups excluding carboxylic acids is 3. The molecule has 0 aliphatic carbocycles. The number of anilines is 1. The summed E-state index contributed by atoms with van der Waals surface area (Å²) in [6.45, 7) is 0.703. The van der Waals surface area contributed by atoms with Gasteiger partial charge in [0.25, 0.3) is 17.5 Å². The first-order valence-corrected chi connectivity index (χ1v) is 8.54. The van der Waals surface area contributed by atoms with E-state index in [0.29, 0.717) is 0 Å². The molecule has 9 nitrogen and oxygen atoms in total. The number of halogens is 2. The maximum atomic E-state index is 13.5. The summed E-state index contributed by atoms with van der Waals surface area (Å²) in [5.74, 6) is -3.22. The Morgan fingerprint density at radius 3 is 2.55 bits per heavy atom. The first-order valence-electron chi connectivity index (χ1n) is 8.16. The predicted molar refractivity (Wildman–Crippen MR) is 101 cm³/mol. The average Bonchev–Trinajstić information content (AvgIpc) is 2.67. The third-order valence-corrected chi connectivity index (χ3v) is 3.92. The van der Waals surface area contributed by atoms with Gasteiger partial charge in [-0.25, -0.2) is 4.39 Å². The predicted octanol–water partition coefficient (Wildman–Crippen LogP) is 2.69. The average molecular weight is 424 g/mol. The summed E-state index contributed by atoms with van der Waals surface area (Å²) in [6.07, 6.45) is -1.25. The van der Waals surface area contributed by atoms with Crippen LogP contribution < -0.4 is 10.6 Å². The number of nitro groups is 1. The van der Waals surface area contributed by atoms with Crippen molar-refractivity contribution in [3.63, 3.8) is 0 Å². The molecule has 0 fully saturated rings. The minimum atomic E-state index is -1.25. The molecule has 2 N–H and O–H groups in total. The molecular weight excluding hydrogens is 409 g/mol. The fourth-order valence-electron chi connectivity index (χ4n) is 2.14. The van der Waals surface area contributed by atoms with E-state index < -0.39 is 41.2 Å². The molecule has 0 aliphatic rings. The standard InChI is InChI=1S/C18H15ClFN3O6/c1-10(17(25)22-15-7-6-11(23(27)28)8-13(15)19)29-16(24)9-21-18(26)12-4-2-3-5-14(12)20/h2-8,10H,9H2,1H3,(H,21,26)(H,22,25). The third kappa shape index (κ3) is 5.98. The Labute approximate surface area is 168 Å². The highest BCUT2D eigenvalue weighted by Gasteiger charge is 2.20. The second kappa shape index (κ2) is 9.60. The third-order valence-electron chi connectivity index (χ3n) is 3.61. The van der Waals surface area contributed by atoms with Gasteiger partial charge in [0.1, 0.15) is 12.4 Å². The van der Waals surface area contributed by atoms with E-state index in [2.05, 4.69) is 10.6 Å². The van der Waals surface area contributed by atoms with E-state index >= 15 is 0 Å². The second-order valence-corrected chi connectivity index (χ2v) is 6.11. The number of hydrogen-bond donors (Lipinski definition) is 2. The highest BCUT2D eigenvalue weighted by Crippen LogP contribution is 2.26. The van der Waals surface area contributed by atoms with E-state index in [1.165, 1.54) is 31.2 Å². The monoisotopic (exact) mass is 423 g/mol. The van der Waals surface area contributed by atoms with E-state index in [9.17, 15) is 28.9 Å². The van der Waals surface area contributed by atoms with Crippen LogP contribution in [-0.4, -0.2) is 35.4 Å². The van der Waals surface area contributed by atoms with E-state index in [0.717, 1.165) is 18.2 Å². The largest absolute Gasteiger partial charge is 0.451 e. The van der Waals surface area contributed by atoms with E-state index in [-0.39, 0.29) is 22.0 Å². The fourth-order valence-corrected chi connectivity index (χ4v) is 2.36. The molecule has 0 aromatic heterocycles. The molecule has 2 rings (SSSR count). The molecule has 0 radical (unpaired) electrons. The van der Waals surface area contributed by atoms with Crippen LogP contribution in [0.1, 0.15) is 17.3 Å². The van der Waals surface area contributed by atoms with Crippen molar-refractivity contribution in [1.82, 2.24) is 5.32 Å². The van der Waals surface area contributed by atoms with Gasteiger partial charge < -0.3 is 15.4 Å². The lowest BCUT2D eigenvalue weighted by atomic mass is 10.2. The SMILES string of the molecule is CC(OC(=O)CNC(=O)c1ccccc1F)C(=O)Nc1ccc([N+](=O)[O-])cc1Cl. The molecule has 0 aliphatic heterocycles. The topological polar surface area (TPSA) is 128 Å². The molecule has 29 heavy (non-hydrogen) atoms. The molecular formula is C18H15ClFN3O6. The molecule has 0 saturated heterocycles. The number of benzene rings is 2. The molecule has 152 valence electrons. The fraction of sp³-hybridized carbons (Fsp3) is 0.167. The van der Waals surface area contributed by atoms with Crippen molar-refractivity contribution in [2.75, 3.05) is 11.9 Å². The van der Waals surface area contributed by atoms with Crippen LogP contribution in [0.5, 0.6) is 0 Å². The highest BCUT2D eigenvalue weighted by molar-refractivity contribution is 6.34. The molecule has 2 aromatic rings. The van der Waals surface area contributed by atoms with Crippen molar-refractivity contribution < 1.29 is 28.4 Å². The van der Waals surface area contributed by atoms with Crippen molar-refractivity contribution in [3.05, 3.63) is 69.0 Å². The van der Waals surface area contributed by atoms with E-state index in [4.69, 9.17) is 16.3 Å². The van der Waals surface area contributed by atoms with Crippen molar-refractivity contribution >= 4 is 40.8 Å².